The lowest BCUT2D eigenvalue weighted by atomic mass is 9.87. The Bertz CT molecular complexity index is 377. The van der Waals surface area contributed by atoms with E-state index >= 15 is 0 Å². The Labute approximate surface area is 100 Å². The van der Waals surface area contributed by atoms with Crippen LogP contribution in [0.2, 0.25) is 0 Å². The van der Waals surface area contributed by atoms with E-state index in [1.165, 1.54) is 0 Å². The van der Waals surface area contributed by atoms with Crippen LogP contribution in [0.3, 0.4) is 0 Å². The molecule has 0 unspecified atom stereocenters. The molecule has 0 aliphatic heterocycles. The fraction of sp³-hybridized carbons (Fsp3) is 0.727. The van der Waals surface area contributed by atoms with Gasteiger partial charge in [0.25, 0.3) is 0 Å². The van der Waals surface area contributed by atoms with E-state index in [4.69, 9.17) is 4.74 Å². The van der Waals surface area contributed by atoms with Gasteiger partial charge in [-0.15, -0.1) is 5.10 Å². The standard InChI is InChI=1S/C11H18N4O2/c1-11(2,3)17-10(16)13-8-6-9(7-8)15-5-4-12-14-15/h4-5,8-9H,6-7H2,1-3H3,(H,13,16)/t8-,9+. The van der Waals surface area contributed by atoms with Gasteiger partial charge < -0.3 is 10.1 Å². The first-order valence-corrected chi connectivity index (χ1v) is 5.79. The molecule has 0 spiro atoms. The summed E-state index contributed by atoms with van der Waals surface area (Å²) in [5.41, 5.74) is -0.445. The zero-order valence-electron chi connectivity index (χ0n) is 10.4. The Hall–Kier alpha value is -1.59. The van der Waals surface area contributed by atoms with Crippen molar-refractivity contribution < 1.29 is 9.53 Å². The van der Waals surface area contributed by atoms with Crippen molar-refractivity contribution in [3.05, 3.63) is 12.4 Å². The normalized spacial score (nSPS) is 23.9. The number of ether oxygens (including phenoxy) is 1. The molecule has 1 saturated carbocycles. The van der Waals surface area contributed by atoms with E-state index in [0.717, 1.165) is 12.8 Å². The number of aromatic nitrogens is 3. The van der Waals surface area contributed by atoms with Crippen LogP contribution in [-0.2, 0) is 4.74 Å². The molecule has 1 fully saturated rings. The van der Waals surface area contributed by atoms with Crippen molar-refractivity contribution in [3.8, 4) is 0 Å². The fourth-order valence-electron chi connectivity index (χ4n) is 1.81. The Balaban J connectivity index is 1.72. The second kappa shape index (κ2) is 4.35. The molecule has 2 rings (SSSR count). The summed E-state index contributed by atoms with van der Waals surface area (Å²) < 4.78 is 7.01. The van der Waals surface area contributed by atoms with E-state index in [2.05, 4.69) is 15.6 Å². The van der Waals surface area contributed by atoms with Crippen molar-refractivity contribution in [2.24, 2.45) is 0 Å². The van der Waals surface area contributed by atoms with Crippen LogP contribution in [-0.4, -0.2) is 32.7 Å². The minimum Gasteiger partial charge on any atom is -0.444 e. The number of nitrogens with zero attached hydrogens (tertiary/aromatic N) is 3. The van der Waals surface area contributed by atoms with Gasteiger partial charge in [-0.1, -0.05) is 5.21 Å². The zero-order valence-corrected chi connectivity index (χ0v) is 10.4. The Kier molecular flexibility index (Phi) is 3.04. The topological polar surface area (TPSA) is 69.0 Å². The second-order valence-corrected chi connectivity index (χ2v) is 5.35. The number of alkyl carbamates (subject to hydrolysis) is 1. The van der Waals surface area contributed by atoms with Gasteiger partial charge in [0.2, 0.25) is 0 Å². The Morgan fingerprint density at radius 1 is 1.47 bits per heavy atom. The van der Waals surface area contributed by atoms with Gasteiger partial charge in [0, 0.05) is 12.2 Å². The van der Waals surface area contributed by atoms with E-state index in [0.29, 0.717) is 6.04 Å². The average molecular weight is 238 g/mol. The fourth-order valence-corrected chi connectivity index (χ4v) is 1.81. The summed E-state index contributed by atoms with van der Waals surface area (Å²) in [6, 6.07) is 0.525. The van der Waals surface area contributed by atoms with Crippen molar-refractivity contribution in [2.45, 2.75) is 51.3 Å². The van der Waals surface area contributed by atoms with E-state index in [1.807, 2.05) is 31.6 Å². The monoisotopic (exact) mass is 238 g/mol. The van der Waals surface area contributed by atoms with E-state index < -0.39 is 5.60 Å². The molecule has 0 bridgehead atoms. The van der Waals surface area contributed by atoms with Crippen molar-refractivity contribution in [2.75, 3.05) is 0 Å². The smallest absolute Gasteiger partial charge is 0.407 e. The third kappa shape index (κ3) is 3.18. The van der Waals surface area contributed by atoms with Crippen molar-refractivity contribution in [1.82, 2.24) is 20.3 Å². The molecule has 94 valence electrons. The lowest BCUT2D eigenvalue weighted by molar-refractivity contribution is 0.0452. The van der Waals surface area contributed by atoms with Crippen LogP contribution in [0.4, 0.5) is 4.79 Å². The number of amides is 1. The number of hydrogen-bond donors (Lipinski definition) is 1. The maximum atomic E-state index is 11.5. The highest BCUT2D eigenvalue weighted by atomic mass is 16.6. The summed E-state index contributed by atoms with van der Waals surface area (Å²) in [5.74, 6) is 0. The molecule has 1 aromatic rings. The van der Waals surface area contributed by atoms with Crippen LogP contribution in [0, 0.1) is 0 Å². The summed E-state index contributed by atoms with van der Waals surface area (Å²) >= 11 is 0. The first-order valence-electron chi connectivity index (χ1n) is 5.79. The highest BCUT2D eigenvalue weighted by Crippen LogP contribution is 2.31. The van der Waals surface area contributed by atoms with E-state index in [1.54, 1.807) is 6.20 Å². The second-order valence-electron chi connectivity index (χ2n) is 5.35. The molecule has 0 radical (unpaired) electrons. The minimum atomic E-state index is -0.445. The largest absolute Gasteiger partial charge is 0.444 e. The maximum absolute atomic E-state index is 11.5. The van der Waals surface area contributed by atoms with Gasteiger partial charge in [0.15, 0.2) is 0 Å². The van der Waals surface area contributed by atoms with Crippen LogP contribution >= 0.6 is 0 Å². The van der Waals surface area contributed by atoms with Gasteiger partial charge in [-0.2, -0.15) is 0 Å². The molecule has 0 atom stereocenters. The molecule has 1 aromatic heterocycles. The summed E-state index contributed by atoms with van der Waals surface area (Å²) in [6.07, 6.45) is 4.91. The molecule has 0 saturated heterocycles. The zero-order chi connectivity index (χ0) is 12.5. The SMILES string of the molecule is CC(C)(C)OC(=O)N[C@H]1C[C@@H](n2ccnn2)C1. The quantitative estimate of drug-likeness (QED) is 0.847. The van der Waals surface area contributed by atoms with Gasteiger partial charge in [-0.05, 0) is 33.6 Å². The molecular weight excluding hydrogens is 220 g/mol. The predicted molar refractivity (Wildman–Crippen MR) is 61.5 cm³/mol. The Morgan fingerprint density at radius 2 is 2.18 bits per heavy atom. The van der Waals surface area contributed by atoms with Gasteiger partial charge in [0.1, 0.15) is 5.60 Å². The predicted octanol–water partition coefficient (Wildman–Crippen LogP) is 1.51. The molecule has 6 nitrogen and oxygen atoms in total. The molecule has 6 heteroatoms. The molecule has 0 aromatic carbocycles. The number of nitrogens with one attached hydrogen (secondary N) is 1. The molecule has 1 aliphatic carbocycles. The van der Waals surface area contributed by atoms with Crippen LogP contribution in [0.5, 0.6) is 0 Å². The lowest BCUT2D eigenvalue weighted by Gasteiger charge is -2.35. The third-order valence-corrected chi connectivity index (χ3v) is 2.65. The van der Waals surface area contributed by atoms with Gasteiger partial charge in [0.05, 0.1) is 12.2 Å². The number of carbonyl (C=O) groups excluding carboxylic acids is 1. The Morgan fingerprint density at radius 3 is 2.71 bits per heavy atom. The molecule has 1 aliphatic rings. The first-order chi connectivity index (χ1) is 7.94. The van der Waals surface area contributed by atoms with Gasteiger partial charge >= 0.3 is 6.09 Å². The highest BCUT2D eigenvalue weighted by Gasteiger charge is 2.33. The first kappa shape index (κ1) is 11.9. The average Bonchev–Trinajstić information content (AvgIpc) is 2.59. The van der Waals surface area contributed by atoms with E-state index in [9.17, 15) is 4.79 Å². The molecule has 1 amide bonds. The van der Waals surface area contributed by atoms with Gasteiger partial charge in [-0.25, -0.2) is 9.48 Å². The lowest BCUT2D eigenvalue weighted by Crippen LogP contribution is -2.46. The van der Waals surface area contributed by atoms with Crippen molar-refractivity contribution in [3.63, 3.8) is 0 Å². The number of hydrogen-bond acceptors (Lipinski definition) is 4. The van der Waals surface area contributed by atoms with Gasteiger partial charge in [-0.3, -0.25) is 0 Å². The van der Waals surface area contributed by atoms with Crippen LogP contribution in [0.25, 0.3) is 0 Å². The molecule has 1 heterocycles. The third-order valence-electron chi connectivity index (χ3n) is 2.65. The molecule has 1 N–H and O–H groups in total. The van der Waals surface area contributed by atoms with Crippen molar-refractivity contribution >= 4 is 6.09 Å². The van der Waals surface area contributed by atoms with E-state index in [-0.39, 0.29) is 12.1 Å². The van der Waals surface area contributed by atoms with Crippen LogP contribution in [0.15, 0.2) is 12.4 Å². The molecule has 17 heavy (non-hydrogen) atoms. The summed E-state index contributed by atoms with van der Waals surface area (Å²) in [6.45, 7) is 5.56. The minimum absolute atomic E-state index is 0.180. The van der Waals surface area contributed by atoms with Crippen molar-refractivity contribution in [1.29, 1.82) is 0 Å². The summed E-state index contributed by atoms with van der Waals surface area (Å²) in [4.78, 5) is 11.5. The highest BCUT2D eigenvalue weighted by molar-refractivity contribution is 5.68. The number of carbonyl (C=O) groups is 1. The molecular formula is C11H18N4O2. The van der Waals surface area contributed by atoms with Crippen LogP contribution in [0.1, 0.15) is 39.7 Å². The number of rotatable bonds is 2. The maximum Gasteiger partial charge on any atom is 0.407 e. The summed E-state index contributed by atoms with van der Waals surface area (Å²) in [7, 11) is 0. The summed E-state index contributed by atoms with van der Waals surface area (Å²) in [5, 5.41) is 10.5. The van der Waals surface area contributed by atoms with Crippen LogP contribution < -0.4 is 5.32 Å².